The normalized spacial score (nSPS) is 13.3. The van der Waals surface area contributed by atoms with Gasteiger partial charge in [-0.15, -0.1) is 0 Å². The summed E-state index contributed by atoms with van der Waals surface area (Å²) in [5, 5.41) is 6.27. The summed E-state index contributed by atoms with van der Waals surface area (Å²) in [6, 6.07) is 6.90. The highest BCUT2D eigenvalue weighted by Gasteiger charge is 2.15. The molecule has 1 unspecified atom stereocenters. The van der Waals surface area contributed by atoms with E-state index in [1.807, 2.05) is 13.1 Å². The van der Waals surface area contributed by atoms with E-state index in [0.29, 0.717) is 11.6 Å². The fourth-order valence-corrected chi connectivity index (χ4v) is 2.57. The largest absolute Gasteiger partial charge is 0.384 e. The molecular weight excluding hydrogens is 250 g/mol. The maximum Gasteiger partial charge on any atom is 0.242 e. The number of hydrogen-bond donors (Lipinski definition) is 3. The second-order valence-electron chi connectivity index (χ2n) is 4.25. The lowest BCUT2D eigenvalue weighted by Crippen LogP contribution is -2.24. The highest BCUT2D eigenvalue weighted by molar-refractivity contribution is 7.89. The lowest BCUT2D eigenvalue weighted by molar-refractivity contribution is 0.568. The third kappa shape index (κ3) is 3.97. The Morgan fingerprint density at radius 2 is 1.83 bits per heavy atom. The first-order valence-corrected chi connectivity index (χ1v) is 7.40. The van der Waals surface area contributed by atoms with E-state index < -0.39 is 10.0 Å². The fourth-order valence-electron chi connectivity index (χ4n) is 1.66. The third-order valence-corrected chi connectivity index (χ3v) is 4.11. The molecule has 0 aliphatic carbocycles. The average molecular weight is 271 g/mol. The van der Waals surface area contributed by atoms with Crippen LogP contribution in [0.4, 0.5) is 5.69 Å². The molecule has 1 atom stereocenters. The number of rotatable bonds is 7. The first kappa shape index (κ1) is 14.9. The van der Waals surface area contributed by atoms with E-state index in [9.17, 15) is 8.42 Å². The summed E-state index contributed by atoms with van der Waals surface area (Å²) in [6.45, 7) is 3.70. The molecule has 5 nitrogen and oxygen atoms in total. The van der Waals surface area contributed by atoms with E-state index in [1.165, 1.54) is 7.05 Å². The Hall–Kier alpha value is -1.11. The molecule has 1 aromatic carbocycles. The smallest absolute Gasteiger partial charge is 0.242 e. The van der Waals surface area contributed by atoms with Crippen molar-refractivity contribution in [1.82, 2.24) is 10.0 Å². The molecule has 3 N–H and O–H groups in total. The summed E-state index contributed by atoms with van der Waals surface area (Å²) >= 11 is 0. The topological polar surface area (TPSA) is 70.2 Å². The van der Waals surface area contributed by atoms with Crippen LogP contribution in [-0.2, 0) is 10.0 Å². The molecule has 0 aromatic heterocycles. The van der Waals surface area contributed by atoms with Crippen molar-refractivity contribution in [3.05, 3.63) is 24.3 Å². The fraction of sp³-hybridized carbons (Fsp3) is 0.500. The van der Waals surface area contributed by atoms with Crippen LogP contribution in [0.5, 0.6) is 0 Å². The highest BCUT2D eigenvalue weighted by Crippen LogP contribution is 2.20. The van der Waals surface area contributed by atoms with Crippen molar-refractivity contribution in [2.24, 2.45) is 5.92 Å². The van der Waals surface area contributed by atoms with E-state index in [0.717, 1.165) is 13.1 Å². The minimum atomic E-state index is -3.42. The Kier molecular flexibility index (Phi) is 5.58. The molecule has 0 saturated carbocycles. The zero-order valence-electron chi connectivity index (χ0n) is 11.0. The van der Waals surface area contributed by atoms with Crippen LogP contribution < -0.4 is 15.4 Å². The number of nitrogens with one attached hydrogen (secondary N) is 3. The van der Waals surface area contributed by atoms with Crippen molar-refractivity contribution >= 4 is 15.7 Å². The molecule has 0 heterocycles. The molecule has 0 bridgehead atoms. The summed E-state index contributed by atoms with van der Waals surface area (Å²) in [5.41, 5.74) is 0.634. The molecule has 0 fully saturated rings. The average Bonchev–Trinajstić information content (AvgIpc) is 2.37. The van der Waals surface area contributed by atoms with Crippen LogP contribution in [0.2, 0.25) is 0 Å². The summed E-state index contributed by atoms with van der Waals surface area (Å²) in [7, 11) is -0.106. The molecular formula is C12H21N3O2S. The Balaban J connectivity index is 2.84. The standard InChI is InChI=1S/C12H21N3O2S/c1-10(8-13-2)9-15-11-6-4-5-7-12(11)18(16,17)14-3/h4-7,10,13-15H,8-9H2,1-3H3. The van der Waals surface area contributed by atoms with Crippen molar-refractivity contribution < 1.29 is 8.42 Å². The minimum absolute atomic E-state index is 0.282. The van der Waals surface area contributed by atoms with Crippen molar-refractivity contribution in [3.63, 3.8) is 0 Å². The van der Waals surface area contributed by atoms with Gasteiger partial charge in [-0.25, -0.2) is 13.1 Å². The van der Waals surface area contributed by atoms with Gasteiger partial charge in [0.05, 0.1) is 5.69 Å². The van der Waals surface area contributed by atoms with Gasteiger partial charge in [-0.2, -0.15) is 0 Å². The molecule has 1 rings (SSSR count). The summed E-state index contributed by atoms with van der Waals surface area (Å²) in [6.07, 6.45) is 0. The molecule has 0 amide bonds. The Labute approximate surface area is 109 Å². The minimum Gasteiger partial charge on any atom is -0.384 e. The van der Waals surface area contributed by atoms with E-state index in [1.54, 1.807) is 18.2 Å². The van der Waals surface area contributed by atoms with Gasteiger partial charge < -0.3 is 10.6 Å². The highest BCUT2D eigenvalue weighted by atomic mass is 32.2. The molecule has 0 saturated heterocycles. The Bertz CT molecular complexity index is 474. The zero-order chi connectivity index (χ0) is 13.6. The van der Waals surface area contributed by atoms with Gasteiger partial charge in [0.15, 0.2) is 0 Å². The van der Waals surface area contributed by atoms with Crippen LogP contribution in [-0.4, -0.2) is 35.6 Å². The van der Waals surface area contributed by atoms with E-state index >= 15 is 0 Å². The molecule has 18 heavy (non-hydrogen) atoms. The van der Waals surface area contributed by atoms with Gasteiger partial charge >= 0.3 is 0 Å². The van der Waals surface area contributed by atoms with Crippen LogP contribution in [0, 0.1) is 5.92 Å². The van der Waals surface area contributed by atoms with Crippen molar-refractivity contribution in [1.29, 1.82) is 0 Å². The summed E-state index contributed by atoms with van der Waals surface area (Å²) in [5.74, 6) is 0.417. The number of hydrogen-bond acceptors (Lipinski definition) is 4. The Morgan fingerprint density at radius 3 is 2.44 bits per heavy atom. The number of para-hydroxylation sites is 1. The van der Waals surface area contributed by atoms with Gasteiger partial charge in [0.25, 0.3) is 0 Å². The van der Waals surface area contributed by atoms with Crippen LogP contribution >= 0.6 is 0 Å². The SMILES string of the molecule is CNCC(C)CNc1ccccc1S(=O)(=O)NC. The first-order valence-electron chi connectivity index (χ1n) is 5.92. The summed E-state index contributed by atoms with van der Waals surface area (Å²) in [4.78, 5) is 0.282. The summed E-state index contributed by atoms with van der Waals surface area (Å²) < 4.78 is 26.0. The maximum atomic E-state index is 11.8. The molecule has 0 aliphatic heterocycles. The lowest BCUT2D eigenvalue weighted by Gasteiger charge is -2.15. The second kappa shape index (κ2) is 6.72. The first-order chi connectivity index (χ1) is 8.51. The maximum absolute atomic E-state index is 11.8. The van der Waals surface area contributed by atoms with Gasteiger partial charge in [0.2, 0.25) is 10.0 Å². The second-order valence-corrected chi connectivity index (χ2v) is 6.10. The third-order valence-electron chi connectivity index (χ3n) is 2.64. The van der Waals surface area contributed by atoms with Crippen LogP contribution in [0.1, 0.15) is 6.92 Å². The predicted octanol–water partition coefficient (Wildman–Crippen LogP) is 0.862. The van der Waals surface area contributed by atoms with Crippen LogP contribution in [0.15, 0.2) is 29.2 Å². The van der Waals surface area contributed by atoms with E-state index in [4.69, 9.17) is 0 Å². The molecule has 6 heteroatoms. The van der Waals surface area contributed by atoms with Gasteiger partial charge in [0, 0.05) is 6.54 Å². The Morgan fingerprint density at radius 1 is 1.17 bits per heavy atom. The predicted molar refractivity (Wildman–Crippen MR) is 74.3 cm³/mol. The van der Waals surface area contributed by atoms with Gasteiger partial charge in [0.1, 0.15) is 4.90 Å². The van der Waals surface area contributed by atoms with Crippen LogP contribution in [0.25, 0.3) is 0 Å². The van der Waals surface area contributed by atoms with Gasteiger partial charge in [-0.05, 0) is 38.7 Å². The lowest BCUT2D eigenvalue weighted by atomic mass is 10.2. The number of benzene rings is 1. The van der Waals surface area contributed by atoms with Crippen LogP contribution in [0.3, 0.4) is 0 Å². The molecule has 102 valence electrons. The van der Waals surface area contributed by atoms with Crippen molar-refractivity contribution in [2.45, 2.75) is 11.8 Å². The van der Waals surface area contributed by atoms with Gasteiger partial charge in [-0.3, -0.25) is 0 Å². The molecule has 1 aromatic rings. The van der Waals surface area contributed by atoms with Gasteiger partial charge in [-0.1, -0.05) is 19.1 Å². The molecule has 0 radical (unpaired) electrons. The van der Waals surface area contributed by atoms with Crippen molar-refractivity contribution in [2.75, 3.05) is 32.5 Å². The number of sulfonamides is 1. The van der Waals surface area contributed by atoms with E-state index in [-0.39, 0.29) is 4.90 Å². The van der Waals surface area contributed by atoms with E-state index in [2.05, 4.69) is 22.3 Å². The quantitative estimate of drug-likeness (QED) is 0.688. The van der Waals surface area contributed by atoms with Crippen molar-refractivity contribution in [3.8, 4) is 0 Å². The molecule has 0 spiro atoms. The molecule has 0 aliphatic rings. The monoisotopic (exact) mass is 271 g/mol. The number of anilines is 1. The zero-order valence-corrected chi connectivity index (χ0v) is 11.8.